The molecule has 0 aromatic heterocycles. The number of rotatable bonds is 6. The molecule has 2 aromatic carbocycles. The summed E-state index contributed by atoms with van der Waals surface area (Å²) in [5.41, 5.74) is 3.42. The lowest BCUT2D eigenvalue weighted by Crippen LogP contribution is -2.46. The van der Waals surface area contributed by atoms with E-state index in [2.05, 4.69) is 24.0 Å². The van der Waals surface area contributed by atoms with Crippen molar-refractivity contribution in [2.75, 3.05) is 20.2 Å². The highest BCUT2D eigenvalue weighted by molar-refractivity contribution is 5.43. The minimum absolute atomic E-state index is 0.481. The molecule has 0 saturated carbocycles. The van der Waals surface area contributed by atoms with Gasteiger partial charge in [-0.25, -0.2) is 0 Å². The molecule has 0 amide bonds. The molecule has 26 heavy (non-hydrogen) atoms. The smallest absolute Gasteiger partial charge is 0.161 e. The van der Waals surface area contributed by atoms with Gasteiger partial charge in [-0.05, 0) is 36.6 Å². The van der Waals surface area contributed by atoms with Crippen LogP contribution in [0.3, 0.4) is 0 Å². The van der Waals surface area contributed by atoms with E-state index in [0.717, 1.165) is 17.7 Å². The van der Waals surface area contributed by atoms with Gasteiger partial charge in [0.1, 0.15) is 6.61 Å². The van der Waals surface area contributed by atoms with E-state index in [1.54, 1.807) is 7.11 Å². The molecule has 140 valence electrons. The Hall–Kier alpha value is -2.08. The predicted molar refractivity (Wildman–Crippen MR) is 100 cm³/mol. The maximum absolute atomic E-state index is 9.83. The third-order valence-corrected chi connectivity index (χ3v) is 4.74. The summed E-state index contributed by atoms with van der Waals surface area (Å²) < 4.78 is 11.4. The number of nitrogens with zero attached hydrogens (tertiary/aromatic N) is 1. The number of aryl methyl sites for hydroxylation is 1. The fourth-order valence-electron chi connectivity index (χ4n) is 3.28. The van der Waals surface area contributed by atoms with Gasteiger partial charge < -0.3 is 19.7 Å². The molecule has 0 aliphatic carbocycles. The van der Waals surface area contributed by atoms with Gasteiger partial charge >= 0.3 is 0 Å². The first-order chi connectivity index (χ1) is 12.5. The van der Waals surface area contributed by atoms with Crippen molar-refractivity contribution in [1.82, 2.24) is 4.90 Å². The summed E-state index contributed by atoms with van der Waals surface area (Å²) in [4.78, 5) is 2.14. The van der Waals surface area contributed by atoms with E-state index < -0.39 is 12.2 Å². The van der Waals surface area contributed by atoms with Crippen LogP contribution in [0.5, 0.6) is 11.5 Å². The third-order valence-electron chi connectivity index (χ3n) is 4.74. The largest absolute Gasteiger partial charge is 0.493 e. The van der Waals surface area contributed by atoms with Crippen LogP contribution in [0.1, 0.15) is 23.1 Å². The second-order valence-electron chi connectivity index (χ2n) is 6.92. The van der Waals surface area contributed by atoms with Gasteiger partial charge in [0.15, 0.2) is 11.5 Å². The molecule has 1 aliphatic heterocycles. The van der Waals surface area contributed by atoms with Crippen LogP contribution < -0.4 is 9.47 Å². The van der Waals surface area contributed by atoms with Gasteiger partial charge in [-0.15, -0.1) is 0 Å². The van der Waals surface area contributed by atoms with Gasteiger partial charge in [-0.3, -0.25) is 4.90 Å². The topological polar surface area (TPSA) is 62.2 Å². The first-order valence-electron chi connectivity index (χ1n) is 8.99. The van der Waals surface area contributed by atoms with Crippen molar-refractivity contribution >= 4 is 0 Å². The summed E-state index contributed by atoms with van der Waals surface area (Å²) in [5.74, 6) is 1.42. The molecule has 0 unspecified atom stereocenters. The molecule has 0 radical (unpaired) electrons. The highest BCUT2D eigenvalue weighted by Crippen LogP contribution is 2.29. The van der Waals surface area contributed by atoms with E-state index >= 15 is 0 Å². The number of methoxy groups -OCH3 is 1. The van der Waals surface area contributed by atoms with Crippen molar-refractivity contribution in [3.8, 4) is 11.5 Å². The Bertz CT molecular complexity index is 734. The summed E-state index contributed by atoms with van der Waals surface area (Å²) in [6.45, 7) is 4.52. The van der Waals surface area contributed by atoms with Gasteiger partial charge in [0.05, 0.1) is 19.3 Å². The van der Waals surface area contributed by atoms with E-state index in [1.807, 2.05) is 30.3 Å². The maximum atomic E-state index is 9.83. The molecule has 5 heteroatoms. The van der Waals surface area contributed by atoms with Crippen molar-refractivity contribution in [3.63, 3.8) is 0 Å². The monoisotopic (exact) mass is 357 g/mol. The van der Waals surface area contributed by atoms with E-state index in [1.165, 1.54) is 5.56 Å². The van der Waals surface area contributed by atoms with E-state index in [4.69, 9.17) is 9.47 Å². The molecule has 3 rings (SSSR count). The average molecular weight is 357 g/mol. The molecular formula is C21H27NO4. The van der Waals surface area contributed by atoms with Crippen LogP contribution in [0.2, 0.25) is 0 Å². The highest BCUT2D eigenvalue weighted by Gasteiger charge is 2.25. The lowest BCUT2D eigenvalue weighted by molar-refractivity contribution is -0.0404. The summed E-state index contributed by atoms with van der Waals surface area (Å²) >= 11 is 0. The molecule has 1 aliphatic rings. The second-order valence-corrected chi connectivity index (χ2v) is 6.92. The summed E-state index contributed by atoms with van der Waals surface area (Å²) in [5, 5.41) is 19.5. The van der Waals surface area contributed by atoms with Crippen LogP contribution in [-0.2, 0) is 13.2 Å². The Morgan fingerprint density at radius 3 is 2.62 bits per heavy atom. The molecule has 0 spiro atoms. The van der Waals surface area contributed by atoms with Crippen LogP contribution >= 0.6 is 0 Å². The van der Waals surface area contributed by atoms with Gasteiger partial charge in [-0.2, -0.15) is 0 Å². The lowest BCUT2D eigenvalue weighted by Gasteiger charge is -2.33. The van der Waals surface area contributed by atoms with Crippen LogP contribution in [0.25, 0.3) is 0 Å². The second kappa shape index (κ2) is 8.54. The van der Waals surface area contributed by atoms with Crippen LogP contribution in [0.4, 0.5) is 0 Å². The Kier molecular flexibility index (Phi) is 6.14. The maximum Gasteiger partial charge on any atom is 0.161 e. The number of hydrogen-bond acceptors (Lipinski definition) is 5. The molecule has 1 fully saturated rings. The fraction of sp³-hybridized carbons (Fsp3) is 0.429. The van der Waals surface area contributed by atoms with E-state index in [0.29, 0.717) is 37.6 Å². The normalized spacial score (nSPS) is 20.8. The number of β-amino-alcohol motifs (C(OH)–C–C–N with tert-alkyl or cyclic N) is 1. The van der Waals surface area contributed by atoms with Crippen molar-refractivity contribution in [2.45, 2.75) is 38.7 Å². The minimum Gasteiger partial charge on any atom is -0.493 e. The quantitative estimate of drug-likeness (QED) is 0.832. The number of benzene rings is 2. The Morgan fingerprint density at radius 1 is 1.04 bits per heavy atom. The Morgan fingerprint density at radius 2 is 1.88 bits per heavy atom. The van der Waals surface area contributed by atoms with Crippen LogP contribution in [-0.4, -0.2) is 47.5 Å². The molecule has 1 heterocycles. The first kappa shape index (κ1) is 18.7. The fourth-order valence-corrected chi connectivity index (χ4v) is 3.28. The Labute approximate surface area is 154 Å². The standard InChI is InChI=1S/C21H27NO4/c1-15-4-3-5-17(10-15)14-26-20-7-6-16(11-21(20)25-2)12-22-9-8-18(23)19(24)13-22/h3-7,10-11,18-19,23-24H,8-9,12-14H2,1-2H3/t18-,19-/m1/s1. The van der Waals surface area contributed by atoms with Crippen LogP contribution in [0, 0.1) is 6.92 Å². The summed E-state index contributed by atoms with van der Waals surface area (Å²) in [7, 11) is 1.64. The number of ether oxygens (including phenoxy) is 2. The molecule has 0 bridgehead atoms. The van der Waals surface area contributed by atoms with Gasteiger partial charge in [0, 0.05) is 19.6 Å². The minimum atomic E-state index is -0.678. The van der Waals surface area contributed by atoms with Gasteiger partial charge in [-0.1, -0.05) is 35.9 Å². The summed E-state index contributed by atoms with van der Waals surface area (Å²) in [6.07, 6.45) is -0.698. The van der Waals surface area contributed by atoms with Crippen molar-refractivity contribution < 1.29 is 19.7 Å². The van der Waals surface area contributed by atoms with Crippen molar-refractivity contribution in [2.24, 2.45) is 0 Å². The van der Waals surface area contributed by atoms with E-state index in [-0.39, 0.29) is 0 Å². The zero-order valence-electron chi connectivity index (χ0n) is 15.4. The third kappa shape index (κ3) is 4.75. The summed E-state index contributed by atoms with van der Waals surface area (Å²) in [6, 6.07) is 14.2. The number of hydrogen-bond donors (Lipinski definition) is 2. The molecular weight excluding hydrogens is 330 g/mol. The molecule has 2 aromatic rings. The lowest BCUT2D eigenvalue weighted by atomic mass is 10.0. The number of aliphatic hydroxyl groups is 2. The van der Waals surface area contributed by atoms with Gasteiger partial charge in [0.25, 0.3) is 0 Å². The van der Waals surface area contributed by atoms with Crippen LogP contribution in [0.15, 0.2) is 42.5 Å². The molecule has 2 atom stereocenters. The zero-order chi connectivity index (χ0) is 18.5. The number of aliphatic hydroxyl groups excluding tert-OH is 2. The zero-order valence-corrected chi connectivity index (χ0v) is 15.4. The first-order valence-corrected chi connectivity index (χ1v) is 8.99. The Balaban J connectivity index is 1.64. The number of piperidine rings is 1. The van der Waals surface area contributed by atoms with Crippen molar-refractivity contribution in [3.05, 3.63) is 59.2 Å². The molecule has 2 N–H and O–H groups in total. The van der Waals surface area contributed by atoms with E-state index in [9.17, 15) is 10.2 Å². The highest BCUT2D eigenvalue weighted by atomic mass is 16.5. The predicted octanol–water partition coefficient (Wildman–Crippen LogP) is 2.51. The van der Waals surface area contributed by atoms with Crippen molar-refractivity contribution in [1.29, 1.82) is 0 Å². The SMILES string of the molecule is COc1cc(CN2CC[C@@H](O)[C@H](O)C2)ccc1OCc1cccc(C)c1. The van der Waals surface area contributed by atoms with Gasteiger partial charge in [0.2, 0.25) is 0 Å². The average Bonchev–Trinajstić information content (AvgIpc) is 2.63. The molecule has 1 saturated heterocycles. The molecule has 5 nitrogen and oxygen atoms in total. The number of likely N-dealkylation sites (tertiary alicyclic amines) is 1.